The minimum atomic E-state index is -1.02. The van der Waals surface area contributed by atoms with E-state index in [1.807, 2.05) is 31.2 Å². The number of pyridine rings is 1. The standard InChI is InChI=1S/C22H24N2O3.ClH/c1-13(2)12-24-19(11-23)20(15-6-4-14(3)5-7-15)18-10-16(22(26)27)8-9-17(18)21(24)25;/h4-10,13H,11-12,23H2,1-3H3,(H,26,27);1H. The van der Waals surface area contributed by atoms with E-state index in [1.54, 1.807) is 16.7 Å². The molecule has 28 heavy (non-hydrogen) atoms. The predicted molar refractivity (Wildman–Crippen MR) is 115 cm³/mol. The van der Waals surface area contributed by atoms with Gasteiger partial charge in [-0.2, -0.15) is 0 Å². The van der Waals surface area contributed by atoms with Crippen LogP contribution in [0.5, 0.6) is 0 Å². The molecule has 0 spiro atoms. The van der Waals surface area contributed by atoms with Crippen molar-refractivity contribution in [2.45, 2.75) is 33.9 Å². The number of fused-ring (bicyclic) bond motifs is 1. The number of aryl methyl sites for hydroxylation is 1. The number of nitrogens with two attached hydrogens (primary N) is 1. The highest BCUT2D eigenvalue weighted by Crippen LogP contribution is 2.32. The second kappa shape index (κ2) is 8.59. The summed E-state index contributed by atoms with van der Waals surface area (Å²) in [7, 11) is 0. The molecule has 0 aliphatic carbocycles. The molecule has 0 unspecified atom stereocenters. The molecule has 0 aliphatic rings. The summed E-state index contributed by atoms with van der Waals surface area (Å²) in [5.74, 6) is -0.748. The number of carboxylic acids is 1. The number of hydrogen-bond acceptors (Lipinski definition) is 3. The summed E-state index contributed by atoms with van der Waals surface area (Å²) in [5, 5.41) is 10.5. The van der Waals surface area contributed by atoms with Crippen LogP contribution < -0.4 is 11.3 Å². The summed E-state index contributed by atoms with van der Waals surface area (Å²) in [4.78, 5) is 24.6. The van der Waals surface area contributed by atoms with Gasteiger partial charge < -0.3 is 15.4 Å². The number of rotatable bonds is 5. The number of benzene rings is 2. The lowest BCUT2D eigenvalue weighted by molar-refractivity contribution is 0.0697. The molecule has 0 bridgehead atoms. The van der Waals surface area contributed by atoms with Crippen molar-refractivity contribution in [3.8, 4) is 11.1 Å². The van der Waals surface area contributed by atoms with Gasteiger partial charge in [0, 0.05) is 29.7 Å². The summed E-state index contributed by atoms with van der Waals surface area (Å²) >= 11 is 0. The van der Waals surface area contributed by atoms with Crippen molar-refractivity contribution in [1.82, 2.24) is 4.57 Å². The van der Waals surface area contributed by atoms with Crippen LogP contribution in [0, 0.1) is 12.8 Å². The molecule has 0 fully saturated rings. The summed E-state index contributed by atoms with van der Waals surface area (Å²) in [5.41, 5.74) is 9.70. The van der Waals surface area contributed by atoms with Crippen LogP contribution in [-0.4, -0.2) is 15.6 Å². The van der Waals surface area contributed by atoms with E-state index >= 15 is 0 Å². The van der Waals surface area contributed by atoms with Gasteiger partial charge in [-0.1, -0.05) is 43.7 Å². The molecular weight excluding hydrogens is 376 g/mol. The summed E-state index contributed by atoms with van der Waals surface area (Å²) < 4.78 is 1.74. The SMILES string of the molecule is Cc1ccc(-c2c(CN)n(CC(C)C)c(=O)c3ccc(C(=O)O)cc23)cc1.Cl. The second-order valence-corrected chi connectivity index (χ2v) is 7.27. The van der Waals surface area contributed by atoms with Crippen LogP contribution in [0.2, 0.25) is 0 Å². The van der Waals surface area contributed by atoms with Gasteiger partial charge >= 0.3 is 5.97 Å². The predicted octanol–water partition coefficient (Wildman–Crippen LogP) is 4.21. The van der Waals surface area contributed by atoms with E-state index in [9.17, 15) is 14.7 Å². The Morgan fingerprint density at radius 2 is 1.75 bits per heavy atom. The van der Waals surface area contributed by atoms with Gasteiger partial charge in [-0.25, -0.2) is 4.79 Å². The molecule has 0 atom stereocenters. The number of aromatic nitrogens is 1. The van der Waals surface area contributed by atoms with Crippen molar-refractivity contribution >= 4 is 29.1 Å². The highest BCUT2D eigenvalue weighted by atomic mass is 35.5. The minimum absolute atomic E-state index is 0. The number of aromatic carboxylic acids is 1. The Hall–Kier alpha value is -2.63. The molecule has 0 saturated heterocycles. The Bertz CT molecular complexity index is 1070. The van der Waals surface area contributed by atoms with E-state index in [2.05, 4.69) is 13.8 Å². The lowest BCUT2D eigenvalue weighted by Gasteiger charge is -2.21. The number of carboxylic acid groups (broad SMARTS) is 1. The van der Waals surface area contributed by atoms with Gasteiger partial charge in [-0.3, -0.25) is 4.79 Å². The number of carbonyl (C=O) groups is 1. The summed E-state index contributed by atoms with van der Waals surface area (Å²) in [6, 6.07) is 12.6. The maximum absolute atomic E-state index is 13.1. The quantitative estimate of drug-likeness (QED) is 0.671. The van der Waals surface area contributed by atoms with Crippen LogP contribution in [0.1, 0.15) is 35.5 Å². The molecule has 0 aliphatic heterocycles. The van der Waals surface area contributed by atoms with Crippen LogP contribution in [-0.2, 0) is 13.1 Å². The van der Waals surface area contributed by atoms with Gasteiger partial charge in [0.1, 0.15) is 0 Å². The van der Waals surface area contributed by atoms with Gasteiger partial charge in [0.05, 0.1) is 5.56 Å². The third kappa shape index (κ3) is 3.96. The normalized spacial score (nSPS) is 10.9. The van der Waals surface area contributed by atoms with E-state index in [-0.39, 0.29) is 36.0 Å². The molecule has 6 heteroatoms. The fraction of sp³-hybridized carbons (Fsp3) is 0.273. The molecule has 0 saturated carbocycles. The van der Waals surface area contributed by atoms with Gasteiger partial charge in [-0.05, 0) is 42.0 Å². The largest absolute Gasteiger partial charge is 0.478 e. The van der Waals surface area contributed by atoms with Crippen molar-refractivity contribution < 1.29 is 9.90 Å². The topological polar surface area (TPSA) is 85.3 Å². The first-order valence-corrected chi connectivity index (χ1v) is 9.03. The van der Waals surface area contributed by atoms with E-state index in [0.29, 0.717) is 17.3 Å². The first-order valence-electron chi connectivity index (χ1n) is 9.03. The maximum atomic E-state index is 13.1. The zero-order valence-corrected chi connectivity index (χ0v) is 17.0. The van der Waals surface area contributed by atoms with Gasteiger partial charge in [0.2, 0.25) is 0 Å². The molecule has 148 valence electrons. The first-order chi connectivity index (χ1) is 12.8. The Labute approximate surface area is 170 Å². The first kappa shape index (κ1) is 21.7. The Morgan fingerprint density at radius 3 is 2.29 bits per heavy atom. The van der Waals surface area contributed by atoms with Crippen molar-refractivity contribution in [2.75, 3.05) is 0 Å². The van der Waals surface area contributed by atoms with Crippen LogP contribution in [0.3, 0.4) is 0 Å². The average molecular weight is 401 g/mol. The third-order valence-electron chi connectivity index (χ3n) is 4.71. The van der Waals surface area contributed by atoms with Crippen LogP contribution in [0.25, 0.3) is 21.9 Å². The third-order valence-corrected chi connectivity index (χ3v) is 4.71. The van der Waals surface area contributed by atoms with Crippen LogP contribution >= 0.6 is 12.4 Å². The fourth-order valence-electron chi connectivity index (χ4n) is 3.44. The molecule has 3 aromatic rings. The highest BCUT2D eigenvalue weighted by Gasteiger charge is 2.19. The minimum Gasteiger partial charge on any atom is -0.478 e. The Kier molecular flexibility index (Phi) is 6.65. The monoisotopic (exact) mass is 400 g/mol. The zero-order valence-electron chi connectivity index (χ0n) is 16.2. The highest BCUT2D eigenvalue weighted by molar-refractivity contribution is 6.01. The molecule has 2 aromatic carbocycles. The maximum Gasteiger partial charge on any atom is 0.335 e. The van der Waals surface area contributed by atoms with Crippen LogP contribution in [0.15, 0.2) is 47.3 Å². The van der Waals surface area contributed by atoms with E-state index in [4.69, 9.17) is 5.73 Å². The number of nitrogens with zero attached hydrogens (tertiary/aromatic N) is 1. The number of halogens is 1. The fourth-order valence-corrected chi connectivity index (χ4v) is 3.44. The van der Waals surface area contributed by atoms with Crippen molar-refractivity contribution in [3.63, 3.8) is 0 Å². The van der Waals surface area contributed by atoms with E-state index in [0.717, 1.165) is 22.4 Å². The number of hydrogen-bond donors (Lipinski definition) is 2. The van der Waals surface area contributed by atoms with E-state index in [1.165, 1.54) is 6.07 Å². The Morgan fingerprint density at radius 1 is 1.11 bits per heavy atom. The van der Waals surface area contributed by atoms with Crippen molar-refractivity contribution in [3.05, 3.63) is 69.6 Å². The smallest absolute Gasteiger partial charge is 0.335 e. The molecule has 0 amide bonds. The molecule has 1 heterocycles. The lowest BCUT2D eigenvalue weighted by Crippen LogP contribution is -2.28. The molecule has 0 radical (unpaired) electrons. The molecular formula is C22H25ClN2O3. The lowest BCUT2D eigenvalue weighted by atomic mass is 9.94. The van der Waals surface area contributed by atoms with Crippen molar-refractivity contribution in [1.29, 1.82) is 0 Å². The van der Waals surface area contributed by atoms with Gasteiger partial charge in [0.25, 0.3) is 5.56 Å². The Balaban J connectivity index is 0.00000280. The zero-order chi connectivity index (χ0) is 19.7. The van der Waals surface area contributed by atoms with E-state index < -0.39 is 5.97 Å². The summed E-state index contributed by atoms with van der Waals surface area (Å²) in [6.07, 6.45) is 0. The van der Waals surface area contributed by atoms with Gasteiger partial charge in [-0.15, -0.1) is 12.4 Å². The van der Waals surface area contributed by atoms with Crippen LogP contribution in [0.4, 0.5) is 0 Å². The summed E-state index contributed by atoms with van der Waals surface area (Å²) in [6.45, 7) is 6.86. The second-order valence-electron chi connectivity index (χ2n) is 7.27. The van der Waals surface area contributed by atoms with Crippen molar-refractivity contribution in [2.24, 2.45) is 11.7 Å². The van der Waals surface area contributed by atoms with Gasteiger partial charge in [0.15, 0.2) is 0 Å². The molecule has 5 nitrogen and oxygen atoms in total. The molecule has 3 N–H and O–H groups in total. The molecule has 1 aromatic heterocycles. The average Bonchev–Trinajstić information content (AvgIpc) is 2.63. The molecule has 3 rings (SSSR count).